The Morgan fingerprint density at radius 1 is 0.262 bits per heavy atom. The molecule has 0 aromatic rings. The van der Waals surface area contributed by atoms with E-state index in [0.29, 0.717) is 25.7 Å². The highest BCUT2D eigenvalue weighted by Crippen LogP contribution is 2.45. The molecule has 3 N–H and O–H groups in total. The second-order valence-electron chi connectivity index (χ2n) is 32.1. The third kappa shape index (κ3) is 79.1. The zero-order chi connectivity index (χ0) is 78.5. The van der Waals surface area contributed by atoms with Crippen LogP contribution in [0.2, 0.25) is 0 Å². The average Bonchev–Trinajstić information content (AvgIpc) is 0.907. The Kier molecular flexibility index (Phi) is 77.9. The van der Waals surface area contributed by atoms with Gasteiger partial charge in [-0.15, -0.1) is 0 Å². The van der Waals surface area contributed by atoms with E-state index in [1.54, 1.807) is 0 Å². The van der Waals surface area contributed by atoms with E-state index < -0.39 is 97.5 Å². The number of carbonyl (C=O) groups is 4. The molecule has 0 fully saturated rings. The van der Waals surface area contributed by atoms with Gasteiger partial charge in [0.2, 0.25) is 0 Å². The summed E-state index contributed by atoms with van der Waals surface area (Å²) in [5.41, 5.74) is 0. The van der Waals surface area contributed by atoms with Gasteiger partial charge in [0.25, 0.3) is 0 Å². The van der Waals surface area contributed by atoms with Gasteiger partial charge in [0.05, 0.1) is 26.4 Å². The molecule has 17 nitrogen and oxygen atoms in total. The summed E-state index contributed by atoms with van der Waals surface area (Å²) < 4.78 is 69.0. The van der Waals surface area contributed by atoms with E-state index in [4.69, 9.17) is 37.0 Å². The number of unbranched alkanes of at least 4 members (excludes halogenated alkanes) is 55. The summed E-state index contributed by atoms with van der Waals surface area (Å²) in [6, 6.07) is 0. The van der Waals surface area contributed by atoms with Gasteiger partial charge < -0.3 is 33.8 Å². The summed E-state index contributed by atoms with van der Waals surface area (Å²) in [6.45, 7) is 9.75. The predicted octanol–water partition coefficient (Wildman–Crippen LogP) is 27.0. The number of ether oxygens (including phenoxy) is 4. The molecule has 0 heterocycles. The molecule has 636 valence electrons. The van der Waals surface area contributed by atoms with Gasteiger partial charge >= 0.3 is 39.5 Å². The molecule has 0 aliphatic carbocycles. The van der Waals surface area contributed by atoms with Gasteiger partial charge in [-0.1, -0.05) is 420 Å². The smallest absolute Gasteiger partial charge is 0.462 e. The van der Waals surface area contributed by atoms with Crippen molar-refractivity contribution in [3.8, 4) is 0 Å². The van der Waals surface area contributed by atoms with Crippen molar-refractivity contribution in [3.05, 3.63) is 0 Å². The number of esters is 4. The fourth-order valence-corrected chi connectivity index (χ4v) is 15.3. The number of rotatable bonds is 87. The summed E-state index contributed by atoms with van der Waals surface area (Å²) in [4.78, 5) is 73.3. The molecule has 0 rings (SSSR count). The minimum atomic E-state index is -4.97. The Bertz CT molecular complexity index is 2050. The zero-order valence-electron chi connectivity index (χ0n) is 70.5. The lowest BCUT2D eigenvalue weighted by atomic mass is 9.99. The van der Waals surface area contributed by atoms with Crippen molar-refractivity contribution in [3.63, 3.8) is 0 Å². The van der Waals surface area contributed by atoms with Crippen LogP contribution >= 0.6 is 15.6 Å². The highest BCUT2D eigenvalue weighted by molar-refractivity contribution is 7.47. The Labute approximate surface area is 658 Å². The van der Waals surface area contributed by atoms with Crippen molar-refractivity contribution in [2.24, 2.45) is 11.8 Å². The molecule has 0 spiro atoms. The van der Waals surface area contributed by atoms with Crippen LogP contribution in [0.15, 0.2) is 0 Å². The molecule has 19 heteroatoms. The SMILES string of the molecule is CCCCCCCCCCCCCCCCCCCCCCC(=O)OC[C@H](COP(=O)(O)OC[C@@H](O)COP(=O)(O)OC[C@@H](COC(=O)CCCCCCCCCCC(C)CC)OC(=O)CCCCCCCCCCCCCCC)OC(=O)CCCCCCCCCCCCCCCCCCCCC(C)CC. The van der Waals surface area contributed by atoms with Crippen LogP contribution in [-0.4, -0.2) is 96.7 Å². The van der Waals surface area contributed by atoms with Gasteiger partial charge in [-0.2, -0.15) is 0 Å². The second-order valence-corrected chi connectivity index (χ2v) is 35.0. The van der Waals surface area contributed by atoms with Gasteiger partial charge in [0, 0.05) is 25.7 Å². The van der Waals surface area contributed by atoms with Crippen molar-refractivity contribution in [2.75, 3.05) is 39.6 Å². The summed E-state index contributed by atoms with van der Waals surface area (Å²) in [5.74, 6) is -0.451. The highest BCUT2D eigenvalue weighted by atomic mass is 31.2. The molecule has 0 aromatic carbocycles. The number of phosphoric ester groups is 2. The van der Waals surface area contributed by atoms with E-state index in [2.05, 4.69) is 41.5 Å². The van der Waals surface area contributed by atoms with Gasteiger partial charge in [-0.25, -0.2) is 9.13 Å². The molecule has 0 aliphatic rings. The summed E-state index contributed by atoms with van der Waals surface area (Å²) >= 11 is 0. The van der Waals surface area contributed by atoms with Crippen molar-refractivity contribution >= 4 is 39.5 Å². The summed E-state index contributed by atoms with van der Waals surface area (Å²) in [7, 11) is -9.93. The van der Waals surface area contributed by atoms with Crippen LogP contribution in [0.1, 0.15) is 472 Å². The van der Waals surface area contributed by atoms with Gasteiger partial charge in [-0.05, 0) is 37.5 Å². The number of carbonyl (C=O) groups excluding carboxylic acids is 4. The Hall–Kier alpha value is -1.94. The Balaban J connectivity index is 5.23. The van der Waals surface area contributed by atoms with E-state index >= 15 is 0 Å². The fourth-order valence-electron chi connectivity index (χ4n) is 13.7. The molecule has 0 amide bonds. The second kappa shape index (κ2) is 79.3. The summed E-state index contributed by atoms with van der Waals surface area (Å²) in [5, 5.41) is 10.7. The molecule has 0 aliphatic heterocycles. The first-order valence-electron chi connectivity index (χ1n) is 45.6. The molecule has 0 saturated heterocycles. The molecule has 107 heavy (non-hydrogen) atoms. The van der Waals surface area contributed by atoms with E-state index in [0.717, 1.165) is 102 Å². The molecule has 0 radical (unpaired) electrons. The fraction of sp³-hybridized carbons (Fsp3) is 0.955. The largest absolute Gasteiger partial charge is 0.472 e. The minimum Gasteiger partial charge on any atom is -0.462 e. The molecular formula is C88H172O17P2. The van der Waals surface area contributed by atoms with E-state index in [-0.39, 0.29) is 25.7 Å². The minimum absolute atomic E-state index is 0.108. The normalized spacial score (nSPS) is 14.3. The standard InChI is InChI=1S/C88H172O17P2/c1-7-11-13-15-17-19-21-23-24-25-26-27-31-34-38-41-45-52-58-64-70-85(90)98-76-83(104-88(93)73-67-61-55-47-43-39-35-32-29-28-30-33-37-40-44-50-56-62-68-80(5)9-3)78-102-106(94,95)100-74-82(89)75-101-107(96,97)103-79-84(77-99-86(91)71-65-59-53-49-48-51-57-63-69-81(6)10-4)105-87(92)72-66-60-54-46-42-36-22-20-18-16-14-12-8-2/h80-84,89H,7-79H2,1-6H3,(H,94,95)(H,96,97)/t80?,81?,82-,83-,84-/m1/s1. The van der Waals surface area contributed by atoms with Crippen LogP contribution in [-0.2, 0) is 65.4 Å². The Morgan fingerprint density at radius 2 is 0.449 bits per heavy atom. The molecular weight excluding hydrogens is 1390 g/mol. The van der Waals surface area contributed by atoms with Crippen LogP contribution in [0.4, 0.5) is 0 Å². The lowest BCUT2D eigenvalue weighted by Crippen LogP contribution is -2.30. The predicted molar refractivity (Wildman–Crippen MR) is 442 cm³/mol. The quantitative estimate of drug-likeness (QED) is 0.0222. The number of aliphatic hydroxyl groups is 1. The molecule has 0 aromatic heterocycles. The topological polar surface area (TPSA) is 237 Å². The highest BCUT2D eigenvalue weighted by Gasteiger charge is 2.31. The molecule has 0 bridgehead atoms. The van der Waals surface area contributed by atoms with E-state index in [1.165, 1.54) is 289 Å². The molecule has 7 atom stereocenters. The van der Waals surface area contributed by atoms with Crippen LogP contribution < -0.4 is 0 Å². The maximum absolute atomic E-state index is 13.2. The van der Waals surface area contributed by atoms with Crippen LogP contribution in [0.3, 0.4) is 0 Å². The summed E-state index contributed by atoms with van der Waals surface area (Å²) in [6.07, 6.45) is 72.2. The number of hydrogen-bond donors (Lipinski definition) is 3. The third-order valence-corrected chi connectivity index (χ3v) is 23.3. The Morgan fingerprint density at radius 3 is 0.664 bits per heavy atom. The first kappa shape index (κ1) is 105. The van der Waals surface area contributed by atoms with E-state index in [1.807, 2.05) is 0 Å². The molecule has 4 unspecified atom stereocenters. The zero-order valence-corrected chi connectivity index (χ0v) is 72.2. The van der Waals surface area contributed by atoms with Gasteiger partial charge in [0.15, 0.2) is 12.2 Å². The lowest BCUT2D eigenvalue weighted by molar-refractivity contribution is -0.161. The van der Waals surface area contributed by atoms with Crippen molar-refractivity contribution < 1.29 is 80.2 Å². The van der Waals surface area contributed by atoms with Gasteiger partial charge in [0.1, 0.15) is 19.3 Å². The molecule has 0 saturated carbocycles. The number of aliphatic hydroxyl groups excluding tert-OH is 1. The average molecular weight is 1560 g/mol. The third-order valence-electron chi connectivity index (χ3n) is 21.4. The van der Waals surface area contributed by atoms with Crippen LogP contribution in [0, 0.1) is 11.8 Å². The number of hydrogen-bond acceptors (Lipinski definition) is 15. The lowest BCUT2D eigenvalue weighted by Gasteiger charge is -2.21. The van der Waals surface area contributed by atoms with Crippen LogP contribution in [0.5, 0.6) is 0 Å². The van der Waals surface area contributed by atoms with Crippen molar-refractivity contribution in [1.82, 2.24) is 0 Å². The monoisotopic (exact) mass is 1560 g/mol. The van der Waals surface area contributed by atoms with Gasteiger partial charge in [-0.3, -0.25) is 37.3 Å². The maximum Gasteiger partial charge on any atom is 0.472 e. The van der Waals surface area contributed by atoms with Crippen molar-refractivity contribution in [2.45, 2.75) is 490 Å². The van der Waals surface area contributed by atoms with Crippen LogP contribution in [0.25, 0.3) is 0 Å². The first-order valence-corrected chi connectivity index (χ1v) is 48.6. The number of phosphoric acid groups is 2. The first-order chi connectivity index (χ1) is 51.9. The van der Waals surface area contributed by atoms with Crippen molar-refractivity contribution in [1.29, 1.82) is 0 Å². The van der Waals surface area contributed by atoms with E-state index in [9.17, 15) is 43.2 Å². The maximum atomic E-state index is 13.2.